The average molecular weight is 258 g/mol. The molecule has 0 aliphatic rings. The molecule has 0 saturated carbocycles. The highest BCUT2D eigenvalue weighted by Gasteiger charge is 2.05. The Labute approximate surface area is 107 Å². The van der Waals surface area contributed by atoms with Gasteiger partial charge in [0.05, 0.1) is 0 Å². The van der Waals surface area contributed by atoms with Gasteiger partial charge in [0.25, 0.3) is 0 Å². The number of halogens is 1. The van der Waals surface area contributed by atoms with Crippen molar-refractivity contribution in [1.82, 2.24) is 15.0 Å². The predicted molar refractivity (Wildman–Crippen MR) is 71.5 cm³/mol. The zero-order valence-corrected chi connectivity index (χ0v) is 11.5. The lowest BCUT2D eigenvalue weighted by Gasteiger charge is -2.10. The molecule has 96 valence electrons. The van der Waals surface area contributed by atoms with Crippen LogP contribution < -0.4 is 10.6 Å². The summed E-state index contributed by atoms with van der Waals surface area (Å²) >= 11 is 5.84. The summed E-state index contributed by atoms with van der Waals surface area (Å²) in [4.78, 5) is 12.3. The molecule has 0 aliphatic heterocycles. The SMILES string of the molecule is CC(C)CNc1nc(Cl)nc(NCC(C)C)n1. The van der Waals surface area contributed by atoms with Crippen LogP contribution in [0.1, 0.15) is 27.7 Å². The number of rotatable bonds is 6. The Hall–Kier alpha value is -1.10. The molecule has 0 aromatic carbocycles. The minimum absolute atomic E-state index is 0.206. The van der Waals surface area contributed by atoms with Crippen LogP contribution in [0.4, 0.5) is 11.9 Å². The van der Waals surface area contributed by atoms with Crippen molar-refractivity contribution < 1.29 is 0 Å². The van der Waals surface area contributed by atoms with E-state index in [2.05, 4.69) is 53.3 Å². The van der Waals surface area contributed by atoms with Gasteiger partial charge < -0.3 is 10.6 Å². The summed E-state index contributed by atoms with van der Waals surface area (Å²) < 4.78 is 0. The topological polar surface area (TPSA) is 62.7 Å². The van der Waals surface area contributed by atoms with Gasteiger partial charge in [-0.2, -0.15) is 15.0 Å². The number of anilines is 2. The largest absolute Gasteiger partial charge is 0.354 e. The summed E-state index contributed by atoms with van der Waals surface area (Å²) in [7, 11) is 0. The van der Waals surface area contributed by atoms with Crippen LogP contribution in [0.2, 0.25) is 5.28 Å². The fourth-order valence-electron chi connectivity index (χ4n) is 1.10. The molecule has 0 bridgehead atoms. The molecule has 6 heteroatoms. The van der Waals surface area contributed by atoms with Crippen LogP contribution in [-0.2, 0) is 0 Å². The Bertz CT molecular complexity index is 323. The molecule has 0 unspecified atom stereocenters. The molecule has 1 aromatic rings. The van der Waals surface area contributed by atoms with E-state index in [1.54, 1.807) is 0 Å². The van der Waals surface area contributed by atoms with Crippen LogP contribution in [-0.4, -0.2) is 28.0 Å². The fourth-order valence-corrected chi connectivity index (χ4v) is 1.26. The van der Waals surface area contributed by atoms with Gasteiger partial charge in [-0.3, -0.25) is 0 Å². The van der Waals surface area contributed by atoms with E-state index in [1.165, 1.54) is 0 Å². The molecule has 5 nitrogen and oxygen atoms in total. The second-order valence-electron chi connectivity index (χ2n) is 4.80. The fraction of sp³-hybridized carbons (Fsp3) is 0.727. The first-order chi connectivity index (χ1) is 7.97. The van der Waals surface area contributed by atoms with E-state index in [1.807, 2.05) is 0 Å². The second kappa shape index (κ2) is 6.59. The molecular weight excluding hydrogens is 238 g/mol. The molecule has 1 heterocycles. The third kappa shape index (κ3) is 5.68. The molecule has 1 aromatic heterocycles. The minimum Gasteiger partial charge on any atom is -0.354 e. The van der Waals surface area contributed by atoms with Crippen LogP contribution in [0.15, 0.2) is 0 Å². The summed E-state index contributed by atoms with van der Waals surface area (Å²) in [5, 5.41) is 6.46. The van der Waals surface area contributed by atoms with E-state index >= 15 is 0 Å². The van der Waals surface area contributed by atoms with Crippen molar-refractivity contribution in [2.75, 3.05) is 23.7 Å². The number of hydrogen-bond donors (Lipinski definition) is 2. The molecular formula is C11H20ClN5. The third-order valence-corrected chi connectivity index (χ3v) is 2.11. The first-order valence-electron chi connectivity index (χ1n) is 5.86. The summed E-state index contributed by atoms with van der Waals surface area (Å²) in [6, 6.07) is 0. The quantitative estimate of drug-likeness (QED) is 0.820. The normalized spacial score (nSPS) is 11.0. The van der Waals surface area contributed by atoms with Gasteiger partial charge in [0, 0.05) is 13.1 Å². The standard InChI is InChI=1S/C11H20ClN5/c1-7(2)5-13-10-15-9(12)16-11(17-10)14-6-8(3)4/h7-8H,5-6H2,1-4H3,(H2,13,14,15,16,17). The van der Waals surface area contributed by atoms with E-state index in [9.17, 15) is 0 Å². The maximum atomic E-state index is 5.84. The molecule has 2 N–H and O–H groups in total. The number of nitrogens with zero attached hydrogens (tertiary/aromatic N) is 3. The Morgan fingerprint density at radius 3 is 1.65 bits per heavy atom. The van der Waals surface area contributed by atoms with Crippen LogP contribution in [0.25, 0.3) is 0 Å². The maximum absolute atomic E-state index is 5.84. The van der Waals surface area contributed by atoms with E-state index in [0.717, 1.165) is 13.1 Å². The minimum atomic E-state index is 0.206. The van der Waals surface area contributed by atoms with E-state index in [0.29, 0.717) is 23.7 Å². The number of nitrogens with one attached hydrogen (secondary N) is 2. The Morgan fingerprint density at radius 1 is 0.882 bits per heavy atom. The maximum Gasteiger partial charge on any atom is 0.228 e. The lowest BCUT2D eigenvalue weighted by molar-refractivity contribution is 0.679. The van der Waals surface area contributed by atoms with Crippen molar-refractivity contribution in [3.05, 3.63) is 5.28 Å². The van der Waals surface area contributed by atoms with Gasteiger partial charge in [-0.15, -0.1) is 0 Å². The predicted octanol–water partition coefficient (Wildman–Crippen LogP) is 2.66. The number of hydrogen-bond acceptors (Lipinski definition) is 5. The van der Waals surface area contributed by atoms with Crippen LogP contribution >= 0.6 is 11.6 Å². The zero-order chi connectivity index (χ0) is 12.8. The van der Waals surface area contributed by atoms with Crippen molar-refractivity contribution >= 4 is 23.5 Å². The highest BCUT2D eigenvalue weighted by Crippen LogP contribution is 2.10. The van der Waals surface area contributed by atoms with Gasteiger partial charge in [0.15, 0.2) is 0 Å². The summed E-state index contributed by atoms with van der Waals surface area (Å²) in [6.45, 7) is 10.1. The molecule has 0 amide bonds. The first kappa shape index (κ1) is 14.0. The van der Waals surface area contributed by atoms with Crippen LogP contribution in [0.5, 0.6) is 0 Å². The Morgan fingerprint density at radius 2 is 1.29 bits per heavy atom. The van der Waals surface area contributed by atoms with Gasteiger partial charge >= 0.3 is 0 Å². The zero-order valence-electron chi connectivity index (χ0n) is 10.8. The molecule has 0 fully saturated rings. The van der Waals surface area contributed by atoms with Crippen molar-refractivity contribution in [2.45, 2.75) is 27.7 Å². The van der Waals surface area contributed by atoms with Crippen LogP contribution in [0, 0.1) is 11.8 Å². The monoisotopic (exact) mass is 257 g/mol. The molecule has 0 aliphatic carbocycles. The molecule has 0 atom stereocenters. The van der Waals surface area contributed by atoms with Crippen molar-refractivity contribution in [3.8, 4) is 0 Å². The molecule has 0 spiro atoms. The van der Waals surface area contributed by atoms with Gasteiger partial charge in [-0.1, -0.05) is 27.7 Å². The first-order valence-corrected chi connectivity index (χ1v) is 6.24. The third-order valence-electron chi connectivity index (χ3n) is 1.94. The molecule has 0 saturated heterocycles. The smallest absolute Gasteiger partial charge is 0.228 e. The van der Waals surface area contributed by atoms with Crippen molar-refractivity contribution in [3.63, 3.8) is 0 Å². The molecule has 0 radical (unpaired) electrons. The van der Waals surface area contributed by atoms with Crippen molar-refractivity contribution in [1.29, 1.82) is 0 Å². The average Bonchev–Trinajstić information content (AvgIpc) is 2.23. The van der Waals surface area contributed by atoms with Gasteiger partial charge in [-0.25, -0.2) is 0 Å². The molecule has 1 rings (SSSR count). The summed E-state index contributed by atoms with van der Waals surface area (Å²) in [6.07, 6.45) is 0. The molecule has 17 heavy (non-hydrogen) atoms. The van der Waals surface area contributed by atoms with E-state index in [-0.39, 0.29) is 5.28 Å². The lowest BCUT2D eigenvalue weighted by Crippen LogP contribution is -2.15. The lowest BCUT2D eigenvalue weighted by atomic mass is 10.2. The summed E-state index contributed by atoms with van der Waals surface area (Å²) in [5.41, 5.74) is 0. The van der Waals surface area contributed by atoms with Gasteiger partial charge in [-0.05, 0) is 23.4 Å². The van der Waals surface area contributed by atoms with E-state index < -0.39 is 0 Å². The van der Waals surface area contributed by atoms with Gasteiger partial charge in [0.1, 0.15) is 0 Å². The van der Waals surface area contributed by atoms with Crippen molar-refractivity contribution in [2.24, 2.45) is 11.8 Å². The van der Waals surface area contributed by atoms with Gasteiger partial charge in [0.2, 0.25) is 17.2 Å². The van der Waals surface area contributed by atoms with E-state index in [4.69, 9.17) is 11.6 Å². The number of aromatic nitrogens is 3. The van der Waals surface area contributed by atoms with Crippen LogP contribution in [0.3, 0.4) is 0 Å². The Balaban J connectivity index is 2.65. The highest BCUT2D eigenvalue weighted by atomic mass is 35.5. The Kier molecular flexibility index (Phi) is 5.41. The summed E-state index contributed by atoms with van der Waals surface area (Å²) in [5.74, 6) is 2.09. The second-order valence-corrected chi connectivity index (χ2v) is 5.14. The highest BCUT2D eigenvalue weighted by molar-refractivity contribution is 6.28.